The van der Waals surface area contributed by atoms with Gasteiger partial charge >= 0.3 is 5.97 Å². The number of thioether (sulfide) groups is 1. The Morgan fingerprint density at radius 2 is 2.11 bits per heavy atom. The predicted octanol–water partition coefficient (Wildman–Crippen LogP) is -2.17. The zero-order valence-corrected chi connectivity index (χ0v) is 21.3. The first-order valence-electron chi connectivity index (χ1n) is 11.7. The van der Waals surface area contributed by atoms with Crippen molar-refractivity contribution in [3.63, 3.8) is 0 Å². The van der Waals surface area contributed by atoms with E-state index >= 15 is 0 Å². The first kappa shape index (κ1) is 26.0. The van der Waals surface area contributed by atoms with Crippen molar-refractivity contribution in [1.29, 1.82) is 0 Å². The number of nitrogens with zero attached hydrogens (tertiary/aromatic N) is 6. The number of aliphatic carboxylic acids is 1. The minimum Gasteiger partial charge on any atom is -0.477 e. The number of carbonyl (C=O) groups is 4. The van der Waals surface area contributed by atoms with Crippen LogP contribution in [0.4, 0.5) is 0 Å². The summed E-state index contributed by atoms with van der Waals surface area (Å²) in [5.41, 5.74) is 5.95. The van der Waals surface area contributed by atoms with E-state index in [4.69, 9.17) is 5.73 Å². The minimum atomic E-state index is -1.16. The molecule has 0 aliphatic carbocycles. The molecule has 196 valence electrons. The van der Waals surface area contributed by atoms with Crippen molar-refractivity contribution in [2.45, 2.75) is 56.2 Å². The van der Waals surface area contributed by atoms with Gasteiger partial charge in [-0.15, -0.1) is 22.0 Å². The molecule has 5 N–H and O–H groups in total. The number of fused-ring (bicyclic) bond motifs is 1. The van der Waals surface area contributed by atoms with Gasteiger partial charge in [0.15, 0.2) is 6.33 Å². The molecule has 2 saturated heterocycles. The highest BCUT2D eigenvalue weighted by atomic mass is 32.2. The molecule has 15 heteroatoms. The van der Waals surface area contributed by atoms with Crippen LogP contribution in [-0.4, -0.2) is 109 Å². The van der Waals surface area contributed by atoms with Crippen molar-refractivity contribution in [2.24, 2.45) is 17.6 Å². The van der Waals surface area contributed by atoms with Gasteiger partial charge in [0.05, 0.1) is 24.5 Å². The molecule has 1 aromatic rings. The van der Waals surface area contributed by atoms with E-state index in [-0.39, 0.29) is 47.3 Å². The van der Waals surface area contributed by atoms with Gasteiger partial charge in [0.25, 0.3) is 0 Å². The van der Waals surface area contributed by atoms with Crippen LogP contribution in [0.3, 0.4) is 0 Å². The summed E-state index contributed by atoms with van der Waals surface area (Å²) in [7, 11) is 3.40. The summed E-state index contributed by atoms with van der Waals surface area (Å²) in [4.78, 5) is 54.9. The standard InChI is InChI=1S/C21H31N9O5S/c1-9-15-14(10(2)26-18(31)12(22)7-29-25-8-24-27-29)20(33)30(15)16(21(34)35)17(9)36-11-5-13(23-6-11)19(32)28(3)4/h8-15,23H,5-7,22H2,1-4H3,(H,26,31)(H,34,35)/t9-,10?,11+,12?,13+,14-,15-/m1/s1. The number of aromatic nitrogens is 4. The maximum Gasteiger partial charge on any atom is 0.353 e. The Bertz CT molecular complexity index is 1080. The molecule has 0 aromatic carbocycles. The molecule has 0 bridgehead atoms. The quantitative estimate of drug-likeness (QED) is 0.259. The van der Waals surface area contributed by atoms with Crippen LogP contribution in [0.5, 0.6) is 0 Å². The lowest BCUT2D eigenvalue weighted by atomic mass is 9.78. The lowest BCUT2D eigenvalue weighted by Crippen LogP contribution is -2.66. The lowest BCUT2D eigenvalue weighted by Gasteiger charge is -2.47. The normalized spacial score (nSPS) is 29.0. The first-order valence-corrected chi connectivity index (χ1v) is 12.6. The Hall–Kier alpha value is -3.04. The third-order valence-electron chi connectivity index (χ3n) is 6.91. The number of hydrogen-bond acceptors (Lipinski definition) is 10. The van der Waals surface area contributed by atoms with Gasteiger partial charge in [-0.2, -0.15) is 4.80 Å². The van der Waals surface area contributed by atoms with Crippen molar-refractivity contribution >= 4 is 35.5 Å². The van der Waals surface area contributed by atoms with E-state index in [1.807, 2.05) is 6.92 Å². The van der Waals surface area contributed by atoms with Gasteiger partial charge in [-0.25, -0.2) is 4.79 Å². The molecule has 1 aromatic heterocycles. The molecule has 4 rings (SSSR count). The smallest absolute Gasteiger partial charge is 0.353 e. The van der Waals surface area contributed by atoms with Gasteiger partial charge in [-0.1, -0.05) is 6.92 Å². The average Bonchev–Trinajstić information content (AvgIpc) is 3.54. The van der Waals surface area contributed by atoms with E-state index in [9.17, 15) is 24.3 Å². The summed E-state index contributed by atoms with van der Waals surface area (Å²) in [6.45, 7) is 4.21. The van der Waals surface area contributed by atoms with Gasteiger partial charge < -0.3 is 31.3 Å². The van der Waals surface area contributed by atoms with E-state index in [1.165, 1.54) is 32.7 Å². The first-order chi connectivity index (χ1) is 17.0. The second kappa shape index (κ2) is 10.1. The van der Waals surface area contributed by atoms with Crippen molar-refractivity contribution in [1.82, 2.24) is 40.6 Å². The molecule has 2 unspecified atom stereocenters. The van der Waals surface area contributed by atoms with Crippen LogP contribution >= 0.6 is 11.8 Å². The van der Waals surface area contributed by atoms with Crippen molar-refractivity contribution in [3.05, 3.63) is 16.9 Å². The number of carboxylic acids is 1. The van der Waals surface area contributed by atoms with Crippen LogP contribution in [0, 0.1) is 11.8 Å². The Morgan fingerprint density at radius 1 is 1.39 bits per heavy atom. The fourth-order valence-electron chi connectivity index (χ4n) is 5.12. The molecular weight excluding hydrogens is 490 g/mol. The summed E-state index contributed by atoms with van der Waals surface area (Å²) in [5.74, 6) is -2.82. The van der Waals surface area contributed by atoms with Gasteiger partial charge in [-0.05, 0) is 18.6 Å². The number of nitrogens with one attached hydrogen (secondary N) is 2. The number of amides is 3. The molecule has 0 spiro atoms. The Balaban J connectivity index is 1.42. The van der Waals surface area contributed by atoms with Crippen LogP contribution in [-0.2, 0) is 25.7 Å². The summed E-state index contributed by atoms with van der Waals surface area (Å²) in [6.07, 6.45) is 1.80. The third kappa shape index (κ3) is 4.69. The van der Waals surface area contributed by atoms with Crippen molar-refractivity contribution in [3.8, 4) is 0 Å². The summed E-state index contributed by atoms with van der Waals surface area (Å²) >= 11 is 1.42. The topological polar surface area (TPSA) is 189 Å². The van der Waals surface area contributed by atoms with Crippen molar-refractivity contribution in [2.75, 3.05) is 20.6 Å². The predicted molar refractivity (Wildman–Crippen MR) is 128 cm³/mol. The molecule has 2 fully saturated rings. The molecule has 3 aliphatic heterocycles. The summed E-state index contributed by atoms with van der Waals surface area (Å²) in [5, 5.41) is 27.0. The lowest BCUT2D eigenvalue weighted by molar-refractivity contribution is -0.158. The fraction of sp³-hybridized carbons (Fsp3) is 0.667. The van der Waals surface area contributed by atoms with E-state index in [0.717, 1.165) is 0 Å². The van der Waals surface area contributed by atoms with Gasteiger partial charge in [0.2, 0.25) is 17.7 Å². The van der Waals surface area contributed by atoms with Gasteiger partial charge in [0.1, 0.15) is 11.7 Å². The average molecular weight is 522 g/mol. The number of likely N-dealkylation sites (N-methyl/N-ethyl adjacent to an activating group) is 1. The molecule has 0 saturated carbocycles. The van der Waals surface area contributed by atoms with E-state index in [1.54, 1.807) is 21.0 Å². The maximum absolute atomic E-state index is 13.1. The number of β-lactam (4-membered cyclic amide) rings is 1. The Morgan fingerprint density at radius 3 is 2.72 bits per heavy atom. The Kier molecular flexibility index (Phi) is 7.33. The summed E-state index contributed by atoms with van der Waals surface area (Å²) in [6, 6.07) is -2.21. The highest BCUT2D eigenvalue weighted by Gasteiger charge is 2.60. The largest absolute Gasteiger partial charge is 0.477 e. The fourth-order valence-corrected chi connectivity index (χ4v) is 6.60. The second-order valence-corrected chi connectivity index (χ2v) is 10.9. The molecule has 3 aliphatic rings. The minimum absolute atomic E-state index is 0.00141. The number of rotatable bonds is 9. The molecule has 0 radical (unpaired) electrons. The highest BCUT2D eigenvalue weighted by Crippen LogP contribution is 2.51. The highest BCUT2D eigenvalue weighted by molar-refractivity contribution is 8.03. The second-order valence-electron chi connectivity index (χ2n) is 9.59. The number of carbonyl (C=O) groups excluding carboxylic acids is 3. The molecule has 7 atom stereocenters. The van der Waals surface area contributed by atoms with Crippen LogP contribution in [0.2, 0.25) is 0 Å². The van der Waals surface area contributed by atoms with E-state index in [0.29, 0.717) is 17.9 Å². The number of nitrogens with two attached hydrogens (primary N) is 1. The molecule has 4 heterocycles. The van der Waals surface area contributed by atoms with Crippen LogP contribution in [0.15, 0.2) is 16.9 Å². The number of hydrogen-bond donors (Lipinski definition) is 4. The van der Waals surface area contributed by atoms with Crippen LogP contribution < -0.4 is 16.4 Å². The van der Waals surface area contributed by atoms with Gasteiger partial charge in [-0.3, -0.25) is 14.4 Å². The van der Waals surface area contributed by atoms with E-state index in [2.05, 4.69) is 26.0 Å². The SMILES string of the molecule is CC(NC(=O)C(N)Cn1ncnn1)[C@H]1C(=O)N2C(C(=O)O)=C(S[C@@H]3CN[C@H](C(=O)N(C)C)C3)[C@H](C)[C@H]12. The number of carboxylic acid groups (broad SMARTS) is 1. The molecular formula is C21H31N9O5S. The Labute approximate surface area is 212 Å². The molecule has 36 heavy (non-hydrogen) atoms. The zero-order valence-electron chi connectivity index (χ0n) is 20.5. The van der Waals surface area contributed by atoms with E-state index < -0.39 is 29.9 Å². The van der Waals surface area contributed by atoms with Crippen LogP contribution in [0.25, 0.3) is 0 Å². The van der Waals surface area contributed by atoms with Crippen LogP contribution in [0.1, 0.15) is 20.3 Å². The van der Waals surface area contributed by atoms with Gasteiger partial charge in [0, 0.05) is 42.8 Å². The summed E-state index contributed by atoms with van der Waals surface area (Å²) < 4.78 is 0. The zero-order chi connectivity index (χ0) is 26.3. The maximum atomic E-state index is 13.1. The number of tetrazole rings is 1. The van der Waals surface area contributed by atoms with Crippen molar-refractivity contribution < 1.29 is 24.3 Å². The molecule has 3 amide bonds. The monoisotopic (exact) mass is 521 g/mol. The third-order valence-corrected chi connectivity index (χ3v) is 8.42. The molecule has 14 nitrogen and oxygen atoms in total.